The molecule has 4 nitrogen and oxygen atoms in total. The normalized spacial score (nSPS) is 19.2. The zero-order valence-corrected chi connectivity index (χ0v) is 14.1. The van der Waals surface area contributed by atoms with E-state index < -0.39 is 5.60 Å². The van der Waals surface area contributed by atoms with Crippen molar-refractivity contribution in [1.29, 1.82) is 0 Å². The van der Waals surface area contributed by atoms with E-state index in [1.165, 1.54) is 0 Å². The first-order chi connectivity index (χ1) is 11.0. The summed E-state index contributed by atoms with van der Waals surface area (Å²) in [5, 5.41) is 16.8. The van der Waals surface area contributed by atoms with E-state index in [0.717, 1.165) is 36.3 Å². The molecule has 0 spiro atoms. The number of rotatable bonds is 5. The molecule has 5 heteroatoms. The molecule has 3 rings (SSSR count). The second-order valence-electron chi connectivity index (χ2n) is 6.49. The summed E-state index contributed by atoms with van der Waals surface area (Å²) < 4.78 is 0. The van der Waals surface area contributed by atoms with E-state index >= 15 is 0 Å². The van der Waals surface area contributed by atoms with Gasteiger partial charge in [-0.2, -0.15) is 0 Å². The number of carbonyl (C=O) groups excluding carboxylic acids is 1. The third kappa shape index (κ3) is 3.46. The van der Waals surface area contributed by atoms with Crippen LogP contribution in [0.2, 0.25) is 0 Å². The van der Waals surface area contributed by atoms with Gasteiger partial charge in [0, 0.05) is 11.6 Å². The molecular formula is C18H22N2O2S. The third-order valence-corrected chi connectivity index (χ3v) is 5.56. The molecule has 1 aliphatic carbocycles. The summed E-state index contributed by atoms with van der Waals surface area (Å²) in [4.78, 5) is 17.0. The number of benzene rings is 1. The minimum absolute atomic E-state index is 0.0458. The van der Waals surface area contributed by atoms with Crippen molar-refractivity contribution in [3.05, 3.63) is 52.5 Å². The summed E-state index contributed by atoms with van der Waals surface area (Å²) in [6, 6.07) is 9.33. The Kier molecular flexibility index (Phi) is 4.50. The lowest BCUT2D eigenvalue weighted by molar-refractivity contribution is -0.128. The van der Waals surface area contributed by atoms with Gasteiger partial charge < -0.3 is 10.4 Å². The molecule has 2 aromatic rings. The van der Waals surface area contributed by atoms with Gasteiger partial charge in [-0.25, -0.2) is 4.98 Å². The van der Waals surface area contributed by atoms with Crippen LogP contribution in [0.5, 0.6) is 0 Å². The van der Waals surface area contributed by atoms with Gasteiger partial charge in [0.05, 0.1) is 17.6 Å². The topological polar surface area (TPSA) is 62.2 Å². The smallest absolute Gasteiger partial charge is 0.224 e. The van der Waals surface area contributed by atoms with Crippen molar-refractivity contribution in [1.82, 2.24) is 10.3 Å². The largest absolute Gasteiger partial charge is 0.385 e. The number of nitrogens with one attached hydrogen (secondary N) is 1. The van der Waals surface area contributed by atoms with Crippen LogP contribution in [0.3, 0.4) is 0 Å². The minimum Gasteiger partial charge on any atom is -0.385 e. The van der Waals surface area contributed by atoms with E-state index in [4.69, 9.17) is 0 Å². The standard InChI is InChI=1S/C18H22N2O2S/c1-17(22,14-7-3-2-4-8-14)13-15(21)20-18(9-5-6-10-18)16-19-11-12-23-16/h2-4,7-8,11-12,22H,5-6,9-10,13H2,1H3,(H,20,21). The van der Waals surface area contributed by atoms with Crippen LogP contribution >= 0.6 is 11.3 Å². The van der Waals surface area contributed by atoms with E-state index in [0.29, 0.717) is 0 Å². The van der Waals surface area contributed by atoms with Crippen LogP contribution in [-0.4, -0.2) is 16.0 Å². The molecule has 1 unspecified atom stereocenters. The van der Waals surface area contributed by atoms with E-state index in [9.17, 15) is 9.90 Å². The molecule has 1 aromatic heterocycles. The predicted molar refractivity (Wildman–Crippen MR) is 91.0 cm³/mol. The summed E-state index contributed by atoms with van der Waals surface area (Å²) in [6.07, 6.45) is 5.85. The molecule has 1 heterocycles. The second-order valence-corrected chi connectivity index (χ2v) is 7.39. The first kappa shape index (κ1) is 16.1. The van der Waals surface area contributed by atoms with Crippen LogP contribution in [-0.2, 0) is 15.9 Å². The van der Waals surface area contributed by atoms with Crippen LogP contribution in [0.25, 0.3) is 0 Å². The van der Waals surface area contributed by atoms with E-state index in [1.807, 2.05) is 35.7 Å². The lowest BCUT2D eigenvalue weighted by Gasteiger charge is -2.30. The Morgan fingerprint density at radius 3 is 2.65 bits per heavy atom. The van der Waals surface area contributed by atoms with Gasteiger partial charge in [-0.1, -0.05) is 43.2 Å². The maximum atomic E-state index is 12.6. The Balaban J connectivity index is 1.73. The fraction of sp³-hybridized carbons (Fsp3) is 0.444. The van der Waals surface area contributed by atoms with Gasteiger partial charge in [0.1, 0.15) is 5.01 Å². The maximum Gasteiger partial charge on any atom is 0.224 e. The van der Waals surface area contributed by atoms with Crippen LogP contribution in [0.15, 0.2) is 41.9 Å². The van der Waals surface area contributed by atoms with Gasteiger partial charge in [-0.15, -0.1) is 11.3 Å². The lowest BCUT2D eigenvalue weighted by Crippen LogP contribution is -2.45. The SMILES string of the molecule is CC(O)(CC(=O)NC1(c2nccs2)CCCC1)c1ccccc1. The number of amides is 1. The number of hydrogen-bond donors (Lipinski definition) is 2. The Labute approximate surface area is 140 Å². The summed E-state index contributed by atoms with van der Waals surface area (Å²) in [7, 11) is 0. The average Bonchev–Trinajstić information content (AvgIpc) is 3.19. The number of aliphatic hydroxyl groups is 1. The van der Waals surface area contributed by atoms with E-state index in [1.54, 1.807) is 24.5 Å². The highest BCUT2D eigenvalue weighted by molar-refractivity contribution is 7.09. The molecule has 0 bridgehead atoms. The van der Waals surface area contributed by atoms with Gasteiger partial charge in [0.15, 0.2) is 0 Å². The van der Waals surface area contributed by atoms with E-state index in [-0.39, 0.29) is 17.9 Å². The summed E-state index contributed by atoms with van der Waals surface area (Å²) in [6.45, 7) is 1.69. The van der Waals surface area contributed by atoms with Gasteiger partial charge in [-0.3, -0.25) is 4.79 Å². The van der Waals surface area contributed by atoms with E-state index in [2.05, 4.69) is 10.3 Å². The monoisotopic (exact) mass is 330 g/mol. The van der Waals surface area contributed by atoms with Gasteiger partial charge in [0.25, 0.3) is 0 Å². The molecule has 1 aliphatic rings. The number of nitrogens with zero attached hydrogens (tertiary/aromatic N) is 1. The van der Waals surface area contributed by atoms with Crippen LogP contribution in [0, 0.1) is 0 Å². The molecule has 1 aromatic carbocycles. The second kappa shape index (κ2) is 6.42. The predicted octanol–water partition coefficient (Wildman–Crippen LogP) is 3.33. The summed E-state index contributed by atoms with van der Waals surface area (Å²) >= 11 is 1.59. The molecule has 0 saturated heterocycles. The van der Waals surface area contributed by atoms with Crippen molar-refractivity contribution in [3.8, 4) is 0 Å². The van der Waals surface area contributed by atoms with Crippen molar-refractivity contribution in [2.24, 2.45) is 0 Å². The molecular weight excluding hydrogens is 308 g/mol. The fourth-order valence-corrected chi connectivity index (χ4v) is 4.21. The molecule has 1 saturated carbocycles. The van der Waals surface area contributed by atoms with Crippen LogP contribution in [0.1, 0.15) is 49.6 Å². The van der Waals surface area contributed by atoms with Crippen molar-refractivity contribution in [3.63, 3.8) is 0 Å². The minimum atomic E-state index is -1.17. The zero-order chi connectivity index (χ0) is 16.3. The first-order valence-corrected chi connectivity index (χ1v) is 8.89. The Morgan fingerprint density at radius 1 is 1.35 bits per heavy atom. The Bertz CT molecular complexity index is 647. The van der Waals surface area contributed by atoms with Crippen molar-refractivity contribution in [2.75, 3.05) is 0 Å². The molecule has 0 aliphatic heterocycles. The van der Waals surface area contributed by atoms with Crippen molar-refractivity contribution < 1.29 is 9.90 Å². The highest BCUT2D eigenvalue weighted by Crippen LogP contribution is 2.40. The van der Waals surface area contributed by atoms with Gasteiger partial charge in [0.2, 0.25) is 5.91 Å². The number of aromatic nitrogens is 1. The molecule has 1 amide bonds. The quantitative estimate of drug-likeness (QED) is 0.884. The maximum absolute atomic E-state index is 12.6. The Morgan fingerprint density at radius 2 is 2.04 bits per heavy atom. The number of thiazole rings is 1. The summed E-state index contributed by atoms with van der Waals surface area (Å²) in [5.41, 5.74) is -0.767. The lowest BCUT2D eigenvalue weighted by atomic mass is 9.91. The molecule has 0 radical (unpaired) electrons. The van der Waals surface area contributed by atoms with Gasteiger partial charge >= 0.3 is 0 Å². The Hall–Kier alpha value is -1.72. The zero-order valence-electron chi connectivity index (χ0n) is 13.3. The first-order valence-electron chi connectivity index (χ1n) is 8.01. The fourth-order valence-electron chi connectivity index (χ4n) is 3.35. The van der Waals surface area contributed by atoms with Gasteiger partial charge in [-0.05, 0) is 25.3 Å². The number of hydrogen-bond acceptors (Lipinski definition) is 4. The molecule has 122 valence electrons. The highest BCUT2D eigenvalue weighted by atomic mass is 32.1. The molecule has 1 fully saturated rings. The third-order valence-electron chi connectivity index (χ3n) is 4.58. The average molecular weight is 330 g/mol. The summed E-state index contributed by atoms with van der Waals surface area (Å²) in [5.74, 6) is -0.129. The van der Waals surface area contributed by atoms with Crippen molar-refractivity contribution in [2.45, 2.75) is 50.2 Å². The van der Waals surface area contributed by atoms with Crippen LogP contribution in [0.4, 0.5) is 0 Å². The molecule has 2 N–H and O–H groups in total. The van der Waals surface area contributed by atoms with Crippen molar-refractivity contribution >= 4 is 17.2 Å². The molecule has 1 atom stereocenters. The number of carbonyl (C=O) groups is 1. The van der Waals surface area contributed by atoms with Crippen LogP contribution < -0.4 is 5.32 Å². The highest BCUT2D eigenvalue weighted by Gasteiger charge is 2.40. The molecule has 23 heavy (non-hydrogen) atoms.